The minimum atomic E-state index is -0.625. The molecule has 0 aromatic rings. The van der Waals surface area contributed by atoms with E-state index in [-0.39, 0.29) is 11.2 Å². The summed E-state index contributed by atoms with van der Waals surface area (Å²) in [4.78, 5) is 12.0. The lowest BCUT2D eigenvalue weighted by molar-refractivity contribution is -0.138. The molecule has 2 heteroatoms. The van der Waals surface area contributed by atoms with Gasteiger partial charge in [-0.25, -0.2) is 0 Å². The van der Waals surface area contributed by atoms with Crippen molar-refractivity contribution in [3.63, 3.8) is 0 Å². The van der Waals surface area contributed by atoms with Gasteiger partial charge in [0.2, 0.25) is 0 Å². The maximum absolute atomic E-state index is 12.0. The second kappa shape index (κ2) is 3.33. The zero-order valence-electron chi connectivity index (χ0n) is 9.68. The van der Waals surface area contributed by atoms with Gasteiger partial charge in [-0.3, -0.25) is 4.79 Å². The fraction of sp³-hybridized carbons (Fsp3) is 0.846. The number of fused-ring (bicyclic) bond motifs is 1. The highest BCUT2D eigenvalue weighted by atomic mass is 16.1. The number of carbonyl (C=O) groups is 1. The second-order valence-electron chi connectivity index (χ2n) is 5.79. The van der Waals surface area contributed by atoms with Gasteiger partial charge in [0.1, 0.15) is 5.41 Å². The van der Waals surface area contributed by atoms with Crippen LogP contribution in [0.5, 0.6) is 0 Å². The fourth-order valence-electron chi connectivity index (χ4n) is 3.70. The summed E-state index contributed by atoms with van der Waals surface area (Å²) in [5, 5.41) is 9.41. The van der Waals surface area contributed by atoms with Crippen molar-refractivity contribution in [2.24, 2.45) is 16.7 Å². The highest BCUT2D eigenvalue weighted by molar-refractivity contribution is 5.88. The number of Topliss-reactive ketones (excluding diaryl/α,β-unsaturated/α-hetero) is 1. The number of nitrogens with zero attached hydrogens (tertiary/aromatic N) is 1. The molecule has 2 saturated carbocycles. The van der Waals surface area contributed by atoms with Crippen LogP contribution in [0.4, 0.5) is 0 Å². The first-order valence-electron chi connectivity index (χ1n) is 5.97. The Labute approximate surface area is 91.7 Å². The normalized spacial score (nSPS) is 39.3. The van der Waals surface area contributed by atoms with E-state index in [2.05, 4.69) is 19.9 Å². The van der Waals surface area contributed by atoms with Crippen molar-refractivity contribution < 1.29 is 4.79 Å². The molecule has 0 aliphatic heterocycles. The molecule has 82 valence electrons. The molecule has 0 spiro atoms. The van der Waals surface area contributed by atoms with Crippen LogP contribution in [-0.4, -0.2) is 5.78 Å². The smallest absolute Gasteiger partial charge is 0.153 e. The van der Waals surface area contributed by atoms with E-state index in [0.29, 0.717) is 12.3 Å². The van der Waals surface area contributed by atoms with Gasteiger partial charge in [-0.2, -0.15) is 5.26 Å². The van der Waals surface area contributed by atoms with Crippen molar-refractivity contribution in [1.29, 1.82) is 5.26 Å². The molecule has 2 aliphatic carbocycles. The van der Waals surface area contributed by atoms with Crippen LogP contribution in [-0.2, 0) is 4.79 Å². The molecule has 0 heterocycles. The Bertz CT molecular complexity index is 326. The van der Waals surface area contributed by atoms with Crippen LogP contribution in [0.1, 0.15) is 52.4 Å². The first-order valence-corrected chi connectivity index (χ1v) is 5.97. The third kappa shape index (κ3) is 1.40. The molecule has 15 heavy (non-hydrogen) atoms. The van der Waals surface area contributed by atoms with E-state index in [1.165, 1.54) is 0 Å². The zero-order chi connectivity index (χ0) is 11.1. The number of nitriles is 1. The van der Waals surface area contributed by atoms with Crippen molar-refractivity contribution in [2.75, 3.05) is 0 Å². The molecule has 2 rings (SSSR count). The molecular formula is C13H19NO. The second-order valence-corrected chi connectivity index (χ2v) is 5.79. The molecule has 0 aromatic heterocycles. The largest absolute Gasteiger partial charge is 0.298 e. The predicted molar refractivity (Wildman–Crippen MR) is 58.0 cm³/mol. The van der Waals surface area contributed by atoms with E-state index in [1.807, 2.05) is 0 Å². The molecule has 2 aliphatic rings. The molecule has 0 N–H and O–H groups in total. The van der Waals surface area contributed by atoms with E-state index in [0.717, 1.165) is 32.1 Å². The molecule has 0 amide bonds. The van der Waals surface area contributed by atoms with Crippen LogP contribution in [0.25, 0.3) is 0 Å². The van der Waals surface area contributed by atoms with Crippen LogP contribution in [0.3, 0.4) is 0 Å². The van der Waals surface area contributed by atoms with Crippen molar-refractivity contribution in [3.8, 4) is 6.07 Å². The monoisotopic (exact) mass is 205 g/mol. The zero-order valence-corrected chi connectivity index (χ0v) is 9.68. The Hall–Kier alpha value is -0.840. The van der Waals surface area contributed by atoms with Crippen molar-refractivity contribution in [2.45, 2.75) is 52.4 Å². The van der Waals surface area contributed by atoms with Crippen LogP contribution in [0.2, 0.25) is 0 Å². The Balaban J connectivity index is 2.42. The van der Waals surface area contributed by atoms with Gasteiger partial charge in [-0.05, 0) is 37.0 Å². The fourth-order valence-corrected chi connectivity index (χ4v) is 3.70. The molecule has 2 fully saturated rings. The first-order chi connectivity index (χ1) is 7.03. The highest BCUT2D eigenvalue weighted by Crippen LogP contribution is 2.55. The third-order valence-electron chi connectivity index (χ3n) is 4.52. The molecule has 0 saturated heterocycles. The van der Waals surface area contributed by atoms with E-state index < -0.39 is 5.41 Å². The number of carbonyl (C=O) groups excluding carboxylic acids is 1. The van der Waals surface area contributed by atoms with Crippen molar-refractivity contribution >= 4 is 5.78 Å². The summed E-state index contributed by atoms with van der Waals surface area (Å²) in [6, 6.07) is 2.38. The van der Waals surface area contributed by atoms with E-state index in [1.54, 1.807) is 0 Å². The number of hydrogen-bond acceptors (Lipinski definition) is 2. The summed E-state index contributed by atoms with van der Waals surface area (Å²) < 4.78 is 0. The number of hydrogen-bond donors (Lipinski definition) is 0. The summed E-state index contributed by atoms with van der Waals surface area (Å²) in [7, 11) is 0. The summed E-state index contributed by atoms with van der Waals surface area (Å²) in [6.45, 7) is 4.45. The molecule has 0 bridgehead atoms. The molecule has 2 atom stereocenters. The standard InChI is InChI=1S/C13H19NO/c1-12(2)7-4-8-13(9-14)10(12)5-3-6-11(13)15/h10H,3-8H2,1-2H3/t10-,13-/m0/s1. The van der Waals surface area contributed by atoms with Gasteiger partial charge in [0.15, 0.2) is 5.78 Å². The topological polar surface area (TPSA) is 40.9 Å². The minimum Gasteiger partial charge on any atom is -0.298 e. The first kappa shape index (κ1) is 10.7. The highest BCUT2D eigenvalue weighted by Gasteiger charge is 2.55. The molecule has 0 aromatic carbocycles. The Kier molecular flexibility index (Phi) is 2.37. The third-order valence-corrected chi connectivity index (χ3v) is 4.52. The van der Waals surface area contributed by atoms with E-state index in [4.69, 9.17) is 0 Å². The van der Waals surface area contributed by atoms with Crippen molar-refractivity contribution in [3.05, 3.63) is 0 Å². The average Bonchev–Trinajstić information content (AvgIpc) is 2.19. The summed E-state index contributed by atoms with van der Waals surface area (Å²) in [5.41, 5.74) is -0.454. The molecular weight excluding hydrogens is 186 g/mol. The van der Waals surface area contributed by atoms with E-state index in [9.17, 15) is 10.1 Å². The lowest BCUT2D eigenvalue weighted by Crippen LogP contribution is -2.50. The van der Waals surface area contributed by atoms with E-state index >= 15 is 0 Å². The maximum Gasteiger partial charge on any atom is 0.153 e. The van der Waals surface area contributed by atoms with Crippen LogP contribution >= 0.6 is 0 Å². The molecule has 0 unspecified atom stereocenters. The molecule has 0 radical (unpaired) electrons. The van der Waals surface area contributed by atoms with Gasteiger partial charge >= 0.3 is 0 Å². The van der Waals surface area contributed by atoms with Gasteiger partial charge in [-0.1, -0.05) is 20.3 Å². The molecule has 2 nitrogen and oxygen atoms in total. The SMILES string of the molecule is CC1(C)CCC[C@@]2(C#N)C(=O)CCC[C@@H]12. The maximum atomic E-state index is 12.0. The summed E-state index contributed by atoms with van der Waals surface area (Å²) in [5.74, 6) is 0.513. The van der Waals surface area contributed by atoms with Gasteiger partial charge in [0.05, 0.1) is 6.07 Å². The van der Waals surface area contributed by atoms with Gasteiger partial charge < -0.3 is 0 Å². The van der Waals surface area contributed by atoms with Crippen LogP contribution < -0.4 is 0 Å². The van der Waals surface area contributed by atoms with Crippen molar-refractivity contribution in [1.82, 2.24) is 0 Å². The minimum absolute atomic E-state index is 0.171. The Morgan fingerprint density at radius 3 is 2.67 bits per heavy atom. The summed E-state index contributed by atoms with van der Waals surface area (Å²) >= 11 is 0. The lowest BCUT2D eigenvalue weighted by atomic mass is 9.51. The van der Waals surface area contributed by atoms with Gasteiger partial charge in [-0.15, -0.1) is 0 Å². The summed E-state index contributed by atoms with van der Waals surface area (Å²) in [6.07, 6.45) is 5.66. The number of rotatable bonds is 0. The van der Waals surface area contributed by atoms with Gasteiger partial charge in [0, 0.05) is 6.42 Å². The predicted octanol–water partition coefficient (Wildman–Crippen LogP) is 3.08. The number of ketones is 1. The Morgan fingerprint density at radius 2 is 2.07 bits per heavy atom. The quantitative estimate of drug-likeness (QED) is 0.609. The van der Waals surface area contributed by atoms with Gasteiger partial charge in [0.25, 0.3) is 0 Å². The Morgan fingerprint density at radius 1 is 1.33 bits per heavy atom. The average molecular weight is 205 g/mol. The van der Waals surface area contributed by atoms with Crippen LogP contribution in [0.15, 0.2) is 0 Å². The lowest BCUT2D eigenvalue weighted by Gasteiger charge is -2.50. The van der Waals surface area contributed by atoms with Crippen LogP contribution in [0, 0.1) is 28.1 Å².